The van der Waals surface area contributed by atoms with E-state index in [2.05, 4.69) is 26.5 Å². The van der Waals surface area contributed by atoms with Gasteiger partial charge in [0.15, 0.2) is 11.5 Å². The van der Waals surface area contributed by atoms with E-state index in [-0.39, 0.29) is 17.3 Å². The normalized spacial score (nSPS) is 14.9. The molecule has 0 radical (unpaired) electrons. The lowest BCUT2D eigenvalue weighted by Gasteiger charge is -2.33. The van der Waals surface area contributed by atoms with E-state index in [9.17, 15) is 13.2 Å². The molecule has 9 nitrogen and oxygen atoms in total. The first-order valence-corrected chi connectivity index (χ1v) is 14.2. The summed E-state index contributed by atoms with van der Waals surface area (Å²) in [5.74, 6) is 0.895. The maximum Gasteiger partial charge on any atom is 0.254 e. The van der Waals surface area contributed by atoms with Crippen molar-refractivity contribution in [1.29, 1.82) is 0 Å². The summed E-state index contributed by atoms with van der Waals surface area (Å²) in [5.41, 5.74) is 4.32. The second-order valence-electron chi connectivity index (χ2n) is 8.61. The van der Waals surface area contributed by atoms with Crippen LogP contribution in [-0.2, 0) is 21.4 Å². The predicted molar refractivity (Wildman–Crippen MR) is 149 cm³/mol. The number of nitrogens with zero attached hydrogens (tertiary/aromatic N) is 3. The second-order valence-corrected chi connectivity index (χ2v) is 11.5. The molecule has 0 aliphatic carbocycles. The monoisotopic (exact) mass is 600 g/mol. The van der Waals surface area contributed by atoms with E-state index in [1.807, 2.05) is 41.3 Å². The molecule has 0 aromatic heterocycles. The largest absolute Gasteiger partial charge is 0.493 e. The van der Waals surface area contributed by atoms with Crippen LogP contribution in [0.4, 0.5) is 0 Å². The van der Waals surface area contributed by atoms with Gasteiger partial charge in [-0.2, -0.15) is 9.41 Å². The SMILES string of the molecule is COc1cc(/C=N\NC(=O)CN2CCN(S(=O)(=O)c3ccc(Br)cc3)CC2)ccc1OCc1ccccc1. The number of hydrogen-bond acceptors (Lipinski definition) is 7. The smallest absolute Gasteiger partial charge is 0.254 e. The number of nitrogens with one attached hydrogen (secondary N) is 1. The lowest BCUT2D eigenvalue weighted by Crippen LogP contribution is -2.50. The predicted octanol–water partition coefficient (Wildman–Crippen LogP) is 3.49. The van der Waals surface area contributed by atoms with Crippen molar-refractivity contribution in [3.8, 4) is 11.5 Å². The van der Waals surface area contributed by atoms with Gasteiger partial charge in [-0.1, -0.05) is 46.3 Å². The van der Waals surface area contributed by atoms with E-state index < -0.39 is 10.0 Å². The van der Waals surface area contributed by atoms with Crippen LogP contribution in [0, 0.1) is 0 Å². The average molecular weight is 602 g/mol. The third-order valence-corrected chi connectivity index (χ3v) is 8.42. The Balaban J connectivity index is 1.24. The third kappa shape index (κ3) is 7.41. The number of methoxy groups -OCH3 is 1. The average Bonchev–Trinajstić information content (AvgIpc) is 2.93. The molecule has 1 amide bonds. The number of rotatable bonds is 10. The molecule has 1 N–H and O–H groups in total. The maximum absolute atomic E-state index is 12.8. The van der Waals surface area contributed by atoms with Gasteiger partial charge in [0.1, 0.15) is 6.61 Å². The molecule has 38 heavy (non-hydrogen) atoms. The molecule has 200 valence electrons. The summed E-state index contributed by atoms with van der Waals surface area (Å²) in [7, 11) is -1.99. The summed E-state index contributed by atoms with van der Waals surface area (Å²) in [6, 6.07) is 21.8. The lowest BCUT2D eigenvalue weighted by atomic mass is 10.2. The number of benzene rings is 3. The Hall–Kier alpha value is -3.25. The number of amides is 1. The topological polar surface area (TPSA) is 101 Å². The Morgan fingerprint density at radius 2 is 1.71 bits per heavy atom. The fourth-order valence-electron chi connectivity index (χ4n) is 3.92. The lowest BCUT2D eigenvalue weighted by molar-refractivity contribution is -0.122. The van der Waals surface area contributed by atoms with Crippen molar-refractivity contribution in [3.05, 3.63) is 88.4 Å². The molecule has 0 unspecified atom stereocenters. The van der Waals surface area contributed by atoms with Crippen LogP contribution in [0.15, 0.2) is 87.3 Å². The van der Waals surface area contributed by atoms with E-state index in [4.69, 9.17) is 9.47 Å². The van der Waals surface area contributed by atoms with Gasteiger partial charge in [0, 0.05) is 30.7 Å². The molecular weight excluding hydrogens is 572 g/mol. The Morgan fingerprint density at radius 3 is 2.39 bits per heavy atom. The number of piperazine rings is 1. The highest BCUT2D eigenvalue weighted by Gasteiger charge is 2.29. The summed E-state index contributed by atoms with van der Waals surface area (Å²) in [6.45, 7) is 2.08. The van der Waals surface area contributed by atoms with Crippen molar-refractivity contribution < 1.29 is 22.7 Å². The van der Waals surface area contributed by atoms with Crippen molar-refractivity contribution >= 4 is 38.1 Å². The standard InChI is InChI=1S/C27H29BrN4O5S/c1-36-26-17-22(7-12-25(26)37-20-21-5-3-2-4-6-21)18-29-30-27(33)19-31-13-15-32(16-14-31)38(34,35)24-10-8-23(28)9-11-24/h2-12,17-18H,13-16,19-20H2,1H3,(H,30,33)/b29-18-. The maximum atomic E-state index is 12.8. The number of carbonyl (C=O) groups is 1. The molecule has 1 aliphatic rings. The van der Waals surface area contributed by atoms with Crippen LogP contribution < -0.4 is 14.9 Å². The number of halogens is 1. The summed E-state index contributed by atoms with van der Waals surface area (Å²) in [4.78, 5) is 14.5. The van der Waals surface area contributed by atoms with E-state index in [0.29, 0.717) is 44.3 Å². The Morgan fingerprint density at radius 1 is 1.00 bits per heavy atom. The Labute approximate surface area is 231 Å². The van der Waals surface area contributed by atoms with Crippen LogP contribution >= 0.6 is 15.9 Å². The molecule has 0 bridgehead atoms. The minimum absolute atomic E-state index is 0.124. The van der Waals surface area contributed by atoms with Crippen molar-refractivity contribution in [1.82, 2.24) is 14.6 Å². The van der Waals surface area contributed by atoms with Crippen LogP contribution in [0.25, 0.3) is 0 Å². The van der Waals surface area contributed by atoms with E-state index in [1.165, 1.54) is 10.5 Å². The number of ether oxygens (including phenoxy) is 2. The zero-order valence-corrected chi connectivity index (χ0v) is 23.3. The zero-order valence-electron chi connectivity index (χ0n) is 20.9. The van der Waals surface area contributed by atoms with E-state index in [1.54, 1.807) is 43.5 Å². The molecule has 11 heteroatoms. The highest BCUT2D eigenvalue weighted by molar-refractivity contribution is 9.10. The summed E-state index contributed by atoms with van der Waals surface area (Å²) < 4.78 is 39.3. The van der Waals surface area contributed by atoms with Gasteiger partial charge < -0.3 is 9.47 Å². The van der Waals surface area contributed by atoms with Gasteiger partial charge in [-0.25, -0.2) is 13.8 Å². The Kier molecular flexibility index (Phi) is 9.51. The molecule has 1 fully saturated rings. The van der Waals surface area contributed by atoms with Crippen molar-refractivity contribution in [2.24, 2.45) is 5.10 Å². The van der Waals surface area contributed by atoms with Gasteiger partial charge in [-0.3, -0.25) is 9.69 Å². The fraction of sp³-hybridized carbons (Fsp3) is 0.259. The van der Waals surface area contributed by atoms with Gasteiger partial charge in [0.2, 0.25) is 10.0 Å². The van der Waals surface area contributed by atoms with Crippen molar-refractivity contribution in [2.75, 3.05) is 39.8 Å². The second kappa shape index (κ2) is 13.0. The van der Waals surface area contributed by atoms with Crippen molar-refractivity contribution in [3.63, 3.8) is 0 Å². The van der Waals surface area contributed by atoms with Crippen molar-refractivity contribution in [2.45, 2.75) is 11.5 Å². The molecule has 0 atom stereocenters. The molecule has 0 saturated carbocycles. The zero-order chi connectivity index (χ0) is 27.0. The molecule has 1 aliphatic heterocycles. The van der Waals surface area contributed by atoms with Crippen LogP contribution in [0.1, 0.15) is 11.1 Å². The quantitative estimate of drug-likeness (QED) is 0.282. The van der Waals surface area contributed by atoms with Crippen LogP contribution in [0.2, 0.25) is 0 Å². The first-order chi connectivity index (χ1) is 18.3. The van der Waals surface area contributed by atoms with E-state index in [0.717, 1.165) is 15.6 Å². The van der Waals surface area contributed by atoms with E-state index >= 15 is 0 Å². The first-order valence-electron chi connectivity index (χ1n) is 12.0. The van der Waals surface area contributed by atoms with Gasteiger partial charge in [-0.05, 0) is 53.6 Å². The van der Waals surface area contributed by atoms with Crippen LogP contribution in [0.3, 0.4) is 0 Å². The number of hydrogen-bond donors (Lipinski definition) is 1. The number of carbonyl (C=O) groups excluding carboxylic acids is 1. The Bertz CT molecular complexity index is 1360. The molecule has 3 aromatic carbocycles. The highest BCUT2D eigenvalue weighted by atomic mass is 79.9. The van der Waals surface area contributed by atoms with Crippen LogP contribution in [-0.4, -0.2) is 69.6 Å². The molecular formula is C27H29BrN4O5S. The molecule has 3 aromatic rings. The minimum atomic E-state index is -3.56. The molecule has 1 heterocycles. The summed E-state index contributed by atoms with van der Waals surface area (Å²) in [5, 5.41) is 4.05. The van der Waals surface area contributed by atoms with Gasteiger partial charge in [-0.15, -0.1) is 0 Å². The molecule has 1 saturated heterocycles. The molecule has 0 spiro atoms. The third-order valence-electron chi connectivity index (χ3n) is 5.98. The summed E-state index contributed by atoms with van der Waals surface area (Å²) >= 11 is 3.32. The van der Waals surface area contributed by atoms with Gasteiger partial charge in [0.05, 0.1) is 24.8 Å². The van der Waals surface area contributed by atoms with Gasteiger partial charge in [0.25, 0.3) is 5.91 Å². The fourth-order valence-corrected chi connectivity index (χ4v) is 5.61. The summed E-state index contributed by atoms with van der Waals surface area (Å²) in [6.07, 6.45) is 1.53. The molecule has 4 rings (SSSR count). The van der Waals surface area contributed by atoms with Crippen LogP contribution in [0.5, 0.6) is 11.5 Å². The first kappa shape index (κ1) is 27.8. The van der Waals surface area contributed by atoms with Gasteiger partial charge >= 0.3 is 0 Å². The number of sulfonamides is 1. The minimum Gasteiger partial charge on any atom is -0.493 e. The number of hydrazone groups is 1. The highest BCUT2D eigenvalue weighted by Crippen LogP contribution is 2.28.